The molecule has 3 aromatic heterocycles. The van der Waals surface area contributed by atoms with Gasteiger partial charge in [0.05, 0.1) is 6.54 Å². The Kier molecular flexibility index (Phi) is 3.47. The lowest BCUT2D eigenvalue weighted by Crippen LogP contribution is -2.11. The van der Waals surface area contributed by atoms with E-state index < -0.39 is 0 Å². The molecule has 20 heavy (non-hydrogen) atoms. The fourth-order valence-electron chi connectivity index (χ4n) is 2.36. The molecule has 104 valence electrons. The van der Waals surface area contributed by atoms with E-state index in [-0.39, 0.29) is 0 Å². The maximum atomic E-state index is 4.49. The monoisotopic (exact) mass is 270 g/mol. The van der Waals surface area contributed by atoms with Crippen molar-refractivity contribution in [2.45, 2.75) is 20.0 Å². The van der Waals surface area contributed by atoms with Gasteiger partial charge in [-0.25, -0.2) is 4.98 Å². The molecule has 3 rings (SSSR count). The van der Waals surface area contributed by atoms with Crippen molar-refractivity contribution in [1.82, 2.24) is 29.9 Å². The molecule has 0 unspecified atom stereocenters. The Morgan fingerprint density at radius 1 is 1.30 bits per heavy atom. The molecule has 0 aromatic carbocycles. The maximum absolute atomic E-state index is 4.49. The zero-order chi connectivity index (χ0) is 13.9. The zero-order valence-corrected chi connectivity index (χ0v) is 11.7. The third-order valence-corrected chi connectivity index (χ3v) is 3.26. The second-order valence-corrected chi connectivity index (χ2v) is 4.82. The van der Waals surface area contributed by atoms with Gasteiger partial charge in [-0.3, -0.25) is 4.68 Å². The van der Waals surface area contributed by atoms with Crippen molar-refractivity contribution in [1.29, 1.82) is 0 Å². The van der Waals surface area contributed by atoms with Crippen LogP contribution in [0.1, 0.15) is 18.2 Å². The minimum atomic E-state index is 0.688. The van der Waals surface area contributed by atoms with Crippen molar-refractivity contribution in [2.75, 3.05) is 6.54 Å². The number of aromatic nitrogens is 5. The van der Waals surface area contributed by atoms with Gasteiger partial charge in [-0.1, -0.05) is 12.1 Å². The second-order valence-electron chi connectivity index (χ2n) is 4.82. The first-order valence-corrected chi connectivity index (χ1v) is 6.76. The highest BCUT2D eigenvalue weighted by Crippen LogP contribution is 2.20. The maximum Gasteiger partial charge on any atom is 0.140 e. The third-order valence-electron chi connectivity index (χ3n) is 3.26. The zero-order valence-electron chi connectivity index (χ0n) is 11.7. The quantitative estimate of drug-likeness (QED) is 0.759. The summed E-state index contributed by atoms with van der Waals surface area (Å²) in [7, 11) is 1.87. The molecular weight excluding hydrogens is 252 g/mol. The highest BCUT2D eigenvalue weighted by molar-refractivity contribution is 5.80. The van der Waals surface area contributed by atoms with E-state index in [9.17, 15) is 0 Å². The summed E-state index contributed by atoms with van der Waals surface area (Å²) in [6.45, 7) is 4.60. The first-order chi connectivity index (χ1) is 9.78. The Morgan fingerprint density at radius 3 is 2.95 bits per heavy atom. The first kappa shape index (κ1) is 12.8. The molecular formula is C14H18N6. The lowest BCUT2D eigenvalue weighted by Gasteiger charge is -2.00. The molecule has 0 saturated carbocycles. The summed E-state index contributed by atoms with van der Waals surface area (Å²) >= 11 is 0. The number of aryl methyl sites for hydroxylation is 1. The van der Waals surface area contributed by atoms with Crippen LogP contribution in [-0.4, -0.2) is 31.1 Å². The number of fused-ring (bicyclic) bond motifs is 1. The van der Waals surface area contributed by atoms with E-state index in [0.717, 1.165) is 24.4 Å². The minimum Gasteiger partial charge on any atom is -0.326 e. The molecule has 0 aliphatic carbocycles. The SMILES string of the molecule is CCNCc1cn(Cc2cn(C)nn2)c2ncccc12. The number of pyridine rings is 1. The van der Waals surface area contributed by atoms with Gasteiger partial charge in [-0.2, -0.15) is 0 Å². The van der Waals surface area contributed by atoms with Gasteiger partial charge in [0.1, 0.15) is 11.3 Å². The number of hydrogen-bond acceptors (Lipinski definition) is 4. The van der Waals surface area contributed by atoms with Crippen molar-refractivity contribution >= 4 is 11.0 Å². The molecule has 6 nitrogen and oxygen atoms in total. The second kappa shape index (κ2) is 5.42. The molecule has 0 atom stereocenters. The highest BCUT2D eigenvalue weighted by atomic mass is 15.4. The third kappa shape index (κ3) is 2.42. The molecule has 0 fully saturated rings. The molecule has 0 aliphatic rings. The van der Waals surface area contributed by atoms with Crippen molar-refractivity contribution in [3.63, 3.8) is 0 Å². The Hall–Kier alpha value is -2.21. The van der Waals surface area contributed by atoms with Gasteiger partial charge in [0.25, 0.3) is 0 Å². The van der Waals surface area contributed by atoms with Gasteiger partial charge in [-0.05, 0) is 24.2 Å². The summed E-state index contributed by atoms with van der Waals surface area (Å²) in [5, 5.41) is 12.7. The number of nitrogens with zero attached hydrogens (tertiary/aromatic N) is 5. The van der Waals surface area contributed by atoms with E-state index in [1.807, 2.05) is 25.5 Å². The summed E-state index contributed by atoms with van der Waals surface area (Å²) in [5.74, 6) is 0. The lowest BCUT2D eigenvalue weighted by atomic mass is 10.2. The van der Waals surface area contributed by atoms with Crippen LogP contribution < -0.4 is 5.32 Å². The van der Waals surface area contributed by atoms with E-state index in [0.29, 0.717) is 6.54 Å². The first-order valence-electron chi connectivity index (χ1n) is 6.76. The molecule has 3 heterocycles. The van der Waals surface area contributed by atoms with Gasteiger partial charge >= 0.3 is 0 Å². The number of nitrogens with one attached hydrogen (secondary N) is 1. The predicted molar refractivity (Wildman–Crippen MR) is 77.2 cm³/mol. The molecule has 0 radical (unpaired) electrons. The van der Waals surface area contributed by atoms with Crippen LogP contribution in [0.3, 0.4) is 0 Å². The fourth-order valence-corrected chi connectivity index (χ4v) is 2.36. The van der Waals surface area contributed by atoms with E-state index >= 15 is 0 Å². The molecule has 0 amide bonds. The molecule has 3 aromatic rings. The molecule has 0 bridgehead atoms. The smallest absolute Gasteiger partial charge is 0.140 e. The van der Waals surface area contributed by atoms with Gasteiger partial charge in [0, 0.05) is 37.6 Å². The molecule has 0 spiro atoms. The van der Waals surface area contributed by atoms with Crippen LogP contribution in [0.5, 0.6) is 0 Å². The predicted octanol–water partition coefficient (Wildman–Crippen LogP) is 1.32. The van der Waals surface area contributed by atoms with E-state index in [1.54, 1.807) is 4.68 Å². The molecule has 1 N–H and O–H groups in total. The van der Waals surface area contributed by atoms with Crippen LogP contribution in [0.25, 0.3) is 11.0 Å². The van der Waals surface area contributed by atoms with Crippen molar-refractivity contribution in [2.24, 2.45) is 7.05 Å². The van der Waals surface area contributed by atoms with Crippen molar-refractivity contribution < 1.29 is 0 Å². The fraction of sp³-hybridized carbons (Fsp3) is 0.357. The molecule has 0 aliphatic heterocycles. The topological polar surface area (TPSA) is 60.6 Å². The van der Waals surface area contributed by atoms with Crippen LogP contribution >= 0.6 is 0 Å². The summed E-state index contributed by atoms with van der Waals surface area (Å²) in [6.07, 6.45) is 5.90. The summed E-state index contributed by atoms with van der Waals surface area (Å²) < 4.78 is 3.85. The van der Waals surface area contributed by atoms with Crippen molar-refractivity contribution in [3.8, 4) is 0 Å². The standard InChI is InChI=1S/C14H18N6/c1-3-15-7-11-8-20(10-12-9-19(2)18-17-12)14-13(11)5-4-6-16-14/h4-6,8-9,15H,3,7,10H2,1-2H3. The molecule has 0 saturated heterocycles. The van der Waals surface area contributed by atoms with Crippen molar-refractivity contribution in [3.05, 3.63) is 42.0 Å². The van der Waals surface area contributed by atoms with E-state index in [1.165, 1.54) is 10.9 Å². The Morgan fingerprint density at radius 2 is 2.20 bits per heavy atom. The van der Waals surface area contributed by atoms with Crippen LogP contribution in [0.15, 0.2) is 30.7 Å². The summed E-state index contributed by atoms with van der Waals surface area (Å²) in [4.78, 5) is 4.49. The average Bonchev–Trinajstić information content (AvgIpc) is 3.02. The van der Waals surface area contributed by atoms with Gasteiger partial charge in [0.2, 0.25) is 0 Å². The minimum absolute atomic E-state index is 0.688. The molecule has 6 heteroatoms. The largest absolute Gasteiger partial charge is 0.326 e. The normalized spacial score (nSPS) is 11.3. The van der Waals surface area contributed by atoms with Gasteiger partial charge < -0.3 is 9.88 Å². The lowest BCUT2D eigenvalue weighted by molar-refractivity contribution is 0.708. The Balaban J connectivity index is 1.97. The van der Waals surface area contributed by atoms with E-state index in [4.69, 9.17) is 0 Å². The Labute approximate surface area is 117 Å². The van der Waals surface area contributed by atoms with Crippen LogP contribution in [0, 0.1) is 0 Å². The Bertz CT molecular complexity index is 711. The highest BCUT2D eigenvalue weighted by Gasteiger charge is 2.10. The number of rotatable bonds is 5. The van der Waals surface area contributed by atoms with Gasteiger partial charge in [-0.15, -0.1) is 5.10 Å². The van der Waals surface area contributed by atoms with Gasteiger partial charge in [0.15, 0.2) is 0 Å². The van der Waals surface area contributed by atoms with Crippen LogP contribution in [0.2, 0.25) is 0 Å². The number of hydrogen-bond donors (Lipinski definition) is 1. The summed E-state index contributed by atoms with van der Waals surface area (Å²) in [6, 6.07) is 4.09. The van der Waals surface area contributed by atoms with Crippen LogP contribution in [-0.2, 0) is 20.1 Å². The summed E-state index contributed by atoms with van der Waals surface area (Å²) in [5.41, 5.74) is 3.19. The van der Waals surface area contributed by atoms with Crippen LogP contribution in [0.4, 0.5) is 0 Å². The average molecular weight is 270 g/mol. The van der Waals surface area contributed by atoms with E-state index in [2.05, 4.69) is 44.4 Å².